The van der Waals surface area contributed by atoms with Gasteiger partial charge in [-0.05, 0) is 48.0 Å². The molecule has 8 heteroatoms. The average Bonchev–Trinajstić information content (AvgIpc) is 2.98. The summed E-state index contributed by atoms with van der Waals surface area (Å²) in [6.07, 6.45) is 0. The Morgan fingerprint density at radius 1 is 1.09 bits per heavy atom. The Bertz CT molecular complexity index is 1520. The molecule has 0 saturated carbocycles. The molecular formula is C24H18ClNO5S. The Labute approximate surface area is 192 Å². The lowest BCUT2D eigenvalue weighted by molar-refractivity contribution is 0.414. The summed E-state index contributed by atoms with van der Waals surface area (Å²) in [5.74, 6) is 0.275. The van der Waals surface area contributed by atoms with Crippen LogP contribution in [0.2, 0.25) is 5.02 Å². The molecule has 2 aromatic heterocycles. The quantitative estimate of drug-likeness (QED) is 0.451. The van der Waals surface area contributed by atoms with Crippen molar-refractivity contribution in [3.05, 3.63) is 85.6 Å². The summed E-state index contributed by atoms with van der Waals surface area (Å²) >= 11 is 7.23. The number of rotatable bonds is 3. The summed E-state index contributed by atoms with van der Waals surface area (Å²) in [5, 5.41) is 11.5. The van der Waals surface area contributed by atoms with Crippen LogP contribution in [0.1, 0.15) is 25.1 Å². The molecule has 162 valence electrons. The SMILES string of the molecule is COc1ccc(Sc2c(O)c3c(=O)n4c(cc3oc2=O)C(C)(C)c2cc(Cl)ccc2-4)cc1. The third-order valence-corrected chi connectivity index (χ3v) is 7.11. The molecule has 32 heavy (non-hydrogen) atoms. The van der Waals surface area contributed by atoms with Gasteiger partial charge >= 0.3 is 5.63 Å². The fourth-order valence-electron chi connectivity index (χ4n) is 4.13. The first-order valence-electron chi connectivity index (χ1n) is 9.81. The second kappa shape index (κ2) is 7.18. The van der Waals surface area contributed by atoms with Crippen molar-refractivity contribution in [2.24, 2.45) is 0 Å². The number of nitrogens with zero attached hydrogens (tertiary/aromatic N) is 1. The highest BCUT2D eigenvalue weighted by Crippen LogP contribution is 2.44. The van der Waals surface area contributed by atoms with E-state index < -0.39 is 22.3 Å². The number of hydrogen-bond acceptors (Lipinski definition) is 6. The number of pyridine rings is 1. The lowest BCUT2D eigenvalue weighted by Crippen LogP contribution is -2.24. The van der Waals surface area contributed by atoms with E-state index in [4.69, 9.17) is 20.8 Å². The summed E-state index contributed by atoms with van der Waals surface area (Å²) in [5.41, 5.74) is 0.572. The fourth-order valence-corrected chi connectivity index (χ4v) is 5.14. The maximum Gasteiger partial charge on any atom is 0.354 e. The first-order valence-corrected chi connectivity index (χ1v) is 11.0. The number of hydrogen-bond donors (Lipinski definition) is 1. The molecule has 1 aliphatic rings. The van der Waals surface area contributed by atoms with Gasteiger partial charge in [0.25, 0.3) is 5.56 Å². The molecule has 0 amide bonds. The Balaban J connectivity index is 1.74. The molecule has 4 aromatic rings. The van der Waals surface area contributed by atoms with Crippen LogP contribution in [0.5, 0.6) is 11.5 Å². The predicted octanol–water partition coefficient (Wildman–Crippen LogP) is 5.10. The van der Waals surface area contributed by atoms with E-state index in [0.29, 0.717) is 27.0 Å². The van der Waals surface area contributed by atoms with Crippen molar-refractivity contribution in [2.75, 3.05) is 7.11 Å². The monoisotopic (exact) mass is 467 g/mol. The maximum absolute atomic E-state index is 13.6. The van der Waals surface area contributed by atoms with E-state index in [-0.39, 0.29) is 15.9 Å². The van der Waals surface area contributed by atoms with Crippen LogP contribution in [0.4, 0.5) is 0 Å². The molecule has 0 atom stereocenters. The van der Waals surface area contributed by atoms with Crippen molar-refractivity contribution in [3.63, 3.8) is 0 Å². The van der Waals surface area contributed by atoms with Gasteiger partial charge in [0.05, 0.1) is 12.8 Å². The van der Waals surface area contributed by atoms with Crippen molar-refractivity contribution in [2.45, 2.75) is 29.1 Å². The van der Waals surface area contributed by atoms with Gasteiger partial charge in [-0.25, -0.2) is 4.79 Å². The maximum atomic E-state index is 13.6. The van der Waals surface area contributed by atoms with Gasteiger partial charge in [-0.15, -0.1) is 0 Å². The lowest BCUT2D eigenvalue weighted by Gasteiger charge is -2.20. The normalized spacial score (nSPS) is 13.8. The predicted molar refractivity (Wildman–Crippen MR) is 124 cm³/mol. The summed E-state index contributed by atoms with van der Waals surface area (Å²) < 4.78 is 12.2. The molecule has 6 nitrogen and oxygen atoms in total. The number of aromatic nitrogens is 1. The van der Waals surface area contributed by atoms with Crippen molar-refractivity contribution in [1.82, 2.24) is 4.57 Å². The van der Waals surface area contributed by atoms with Crippen LogP contribution in [0.3, 0.4) is 0 Å². The highest BCUT2D eigenvalue weighted by molar-refractivity contribution is 7.99. The van der Waals surface area contributed by atoms with Crippen molar-refractivity contribution in [3.8, 4) is 17.2 Å². The summed E-state index contributed by atoms with van der Waals surface area (Å²) in [6.45, 7) is 3.94. The smallest absolute Gasteiger partial charge is 0.354 e. The second-order valence-electron chi connectivity index (χ2n) is 8.04. The Hall–Kier alpha value is -3.16. The van der Waals surface area contributed by atoms with E-state index in [0.717, 1.165) is 17.3 Å². The minimum absolute atomic E-state index is 0.0389. The molecule has 0 unspecified atom stereocenters. The molecule has 5 rings (SSSR count). The van der Waals surface area contributed by atoms with Crippen LogP contribution in [0.15, 0.2) is 72.3 Å². The second-order valence-corrected chi connectivity index (χ2v) is 9.56. The van der Waals surface area contributed by atoms with E-state index in [1.165, 1.54) is 0 Å². The Morgan fingerprint density at radius 2 is 1.81 bits per heavy atom. The first-order chi connectivity index (χ1) is 15.2. The average molecular weight is 468 g/mol. The zero-order valence-electron chi connectivity index (χ0n) is 17.4. The van der Waals surface area contributed by atoms with Crippen molar-refractivity contribution < 1.29 is 14.3 Å². The molecule has 1 N–H and O–H groups in total. The highest BCUT2D eigenvalue weighted by Gasteiger charge is 2.38. The Morgan fingerprint density at radius 3 is 2.50 bits per heavy atom. The van der Waals surface area contributed by atoms with Crippen LogP contribution < -0.4 is 15.9 Å². The number of methoxy groups -OCH3 is 1. The van der Waals surface area contributed by atoms with Crippen molar-refractivity contribution in [1.29, 1.82) is 0 Å². The van der Waals surface area contributed by atoms with E-state index in [1.807, 2.05) is 19.9 Å². The van der Waals surface area contributed by atoms with Gasteiger partial charge in [0, 0.05) is 27.1 Å². The highest BCUT2D eigenvalue weighted by atomic mass is 35.5. The molecule has 0 fully saturated rings. The van der Waals surface area contributed by atoms with Crippen LogP contribution in [-0.4, -0.2) is 16.8 Å². The number of benzene rings is 2. The van der Waals surface area contributed by atoms with Crippen LogP contribution in [-0.2, 0) is 5.41 Å². The zero-order valence-corrected chi connectivity index (χ0v) is 19.0. The number of ether oxygens (including phenoxy) is 1. The molecule has 0 saturated heterocycles. The van der Waals surface area contributed by atoms with Gasteiger partial charge in [0.2, 0.25) is 0 Å². The Kier molecular flexibility index (Phi) is 4.65. The van der Waals surface area contributed by atoms with Gasteiger partial charge in [0.15, 0.2) is 5.75 Å². The minimum atomic E-state index is -0.712. The van der Waals surface area contributed by atoms with Crippen LogP contribution in [0, 0.1) is 0 Å². The molecule has 0 spiro atoms. The molecule has 0 aliphatic carbocycles. The lowest BCUT2D eigenvalue weighted by atomic mass is 9.83. The summed E-state index contributed by atoms with van der Waals surface area (Å²) in [7, 11) is 1.56. The summed E-state index contributed by atoms with van der Waals surface area (Å²) in [6, 6.07) is 14.0. The molecule has 2 aromatic carbocycles. The van der Waals surface area contributed by atoms with Gasteiger partial charge in [-0.1, -0.05) is 37.2 Å². The molecule has 3 heterocycles. The van der Waals surface area contributed by atoms with Crippen LogP contribution >= 0.6 is 23.4 Å². The van der Waals surface area contributed by atoms with E-state index in [1.54, 1.807) is 54.1 Å². The summed E-state index contributed by atoms with van der Waals surface area (Å²) in [4.78, 5) is 26.9. The van der Waals surface area contributed by atoms with E-state index in [2.05, 4.69) is 0 Å². The largest absolute Gasteiger partial charge is 0.505 e. The van der Waals surface area contributed by atoms with Gasteiger partial charge < -0.3 is 14.3 Å². The molecule has 0 radical (unpaired) electrons. The minimum Gasteiger partial charge on any atom is -0.505 e. The number of fused-ring (bicyclic) bond motifs is 4. The van der Waals surface area contributed by atoms with Gasteiger partial charge in [0.1, 0.15) is 21.6 Å². The molecular weight excluding hydrogens is 450 g/mol. The van der Waals surface area contributed by atoms with Gasteiger partial charge in [-0.3, -0.25) is 9.36 Å². The number of aromatic hydroxyl groups is 1. The number of halogens is 1. The third-order valence-electron chi connectivity index (χ3n) is 5.80. The van der Waals surface area contributed by atoms with E-state index in [9.17, 15) is 14.7 Å². The topological polar surface area (TPSA) is 81.7 Å². The van der Waals surface area contributed by atoms with Crippen LogP contribution in [0.25, 0.3) is 16.7 Å². The third kappa shape index (κ3) is 2.96. The standard InChI is InChI=1S/C24H18ClNO5S/c1-24(2)15-10-12(25)4-9-16(15)26-18(24)11-17-19(22(26)28)20(27)21(23(29)31-17)32-14-7-5-13(30-3)6-8-14/h4-11,27H,1-3H3. The van der Waals surface area contributed by atoms with E-state index >= 15 is 0 Å². The zero-order chi connectivity index (χ0) is 22.8. The first kappa shape index (κ1) is 20.7. The molecule has 0 bridgehead atoms. The fraction of sp³-hybridized carbons (Fsp3) is 0.167. The van der Waals surface area contributed by atoms with Crippen molar-refractivity contribution >= 4 is 34.3 Å². The van der Waals surface area contributed by atoms with Gasteiger partial charge in [-0.2, -0.15) is 0 Å². The molecule has 1 aliphatic heterocycles.